The Kier molecular flexibility index (Phi) is 4.48. The molecule has 0 spiro atoms. The van der Waals surface area contributed by atoms with E-state index in [0.29, 0.717) is 29.5 Å². The van der Waals surface area contributed by atoms with Crippen molar-refractivity contribution < 1.29 is 19.0 Å². The summed E-state index contributed by atoms with van der Waals surface area (Å²) in [6.07, 6.45) is 0.344. The predicted molar refractivity (Wildman–Crippen MR) is 92.8 cm³/mol. The van der Waals surface area contributed by atoms with Crippen LogP contribution in [0.4, 0.5) is 10.9 Å². The summed E-state index contributed by atoms with van der Waals surface area (Å²) >= 11 is 1.53. The number of hydrogen-bond donors (Lipinski definition) is 2. The molecule has 7 nitrogen and oxygen atoms in total. The third-order valence-corrected chi connectivity index (χ3v) is 5.11. The zero-order chi connectivity index (χ0) is 17.3. The summed E-state index contributed by atoms with van der Waals surface area (Å²) in [5, 5.41) is 6.61. The number of nitrogens with zero attached hydrogens (tertiary/aromatic N) is 1. The van der Waals surface area contributed by atoms with Gasteiger partial charge in [0.2, 0.25) is 11.7 Å². The van der Waals surface area contributed by atoms with Crippen molar-refractivity contribution in [2.75, 3.05) is 39.0 Å². The van der Waals surface area contributed by atoms with Crippen molar-refractivity contribution >= 4 is 28.2 Å². The van der Waals surface area contributed by atoms with Gasteiger partial charge in [0, 0.05) is 19.4 Å². The molecule has 1 aromatic heterocycles. The number of aromatic nitrogens is 1. The average Bonchev–Trinajstić information content (AvgIpc) is 3.02. The first-order valence-corrected chi connectivity index (χ1v) is 8.21. The molecule has 0 unspecified atom stereocenters. The molecule has 0 saturated carbocycles. The molecule has 1 aliphatic rings. The molecule has 0 saturated heterocycles. The third kappa shape index (κ3) is 2.73. The lowest BCUT2D eigenvalue weighted by Crippen LogP contribution is -2.22. The van der Waals surface area contributed by atoms with E-state index in [-0.39, 0.29) is 11.8 Å². The fourth-order valence-corrected chi connectivity index (χ4v) is 3.80. The molecule has 24 heavy (non-hydrogen) atoms. The number of ether oxygens (including phenoxy) is 3. The molecule has 2 heterocycles. The van der Waals surface area contributed by atoms with Gasteiger partial charge >= 0.3 is 0 Å². The lowest BCUT2D eigenvalue weighted by Gasteiger charge is -2.23. The Morgan fingerprint density at radius 1 is 1.21 bits per heavy atom. The summed E-state index contributed by atoms with van der Waals surface area (Å²) < 4.78 is 16.2. The molecular weight excluding hydrogens is 330 g/mol. The third-order valence-electron chi connectivity index (χ3n) is 3.92. The van der Waals surface area contributed by atoms with Crippen LogP contribution in [0.3, 0.4) is 0 Å². The van der Waals surface area contributed by atoms with Gasteiger partial charge in [-0.25, -0.2) is 4.98 Å². The standard InChI is InChI=1S/C16H19N3O4S/c1-17-16-19-15-14(24-16)9(7-12(20)18-15)8-5-10(21-2)13(23-4)11(6-8)22-3/h5-6,9H,7H2,1-4H3,(H,17,19)(H,18,20)/t9-/m0/s1. The minimum atomic E-state index is -0.109. The van der Waals surface area contributed by atoms with E-state index < -0.39 is 0 Å². The number of benzene rings is 1. The van der Waals surface area contributed by atoms with Crippen molar-refractivity contribution in [1.29, 1.82) is 0 Å². The van der Waals surface area contributed by atoms with Crippen LogP contribution < -0.4 is 24.8 Å². The highest BCUT2D eigenvalue weighted by Gasteiger charge is 2.31. The van der Waals surface area contributed by atoms with E-state index in [1.807, 2.05) is 12.1 Å². The molecule has 2 N–H and O–H groups in total. The molecular formula is C16H19N3O4S. The van der Waals surface area contributed by atoms with Crippen LogP contribution in [-0.2, 0) is 4.79 Å². The molecule has 0 bridgehead atoms. The van der Waals surface area contributed by atoms with Gasteiger partial charge in [-0.3, -0.25) is 4.79 Å². The lowest BCUT2D eigenvalue weighted by atomic mass is 9.91. The van der Waals surface area contributed by atoms with Crippen LogP contribution in [0, 0.1) is 0 Å². The summed E-state index contributed by atoms with van der Waals surface area (Å²) in [4.78, 5) is 17.5. The first-order chi connectivity index (χ1) is 11.6. The van der Waals surface area contributed by atoms with Gasteiger partial charge < -0.3 is 24.8 Å². The number of carbonyl (C=O) groups excluding carboxylic acids is 1. The molecule has 3 rings (SSSR count). The largest absolute Gasteiger partial charge is 0.493 e. The Bertz CT molecular complexity index is 750. The predicted octanol–water partition coefficient (Wildman–Crippen LogP) is 2.68. The number of amides is 1. The maximum atomic E-state index is 12.1. The highest BCUT2D eigenvalue weighted by molar-refractivity contribution is 7.16. The van der Waals surface area contributed by atoms with Crippen LogP contribution in [0.1, 0.15) is 22.8 Å². The van der Waals surface area contributed by atoms with Crippen LogP contribution >= 0.6 is 11.3 Å². The molecule has 0 fully saturated rings. The Hall–Kier alpha value is -2.48. The molecule has 1 atom stereocenters. The van der Waals surface area contributed by atoms with E-state index in [4.69, 9.17) is 14.2 Å². The van der Waals surface area contributed by atoms with Crippen LogP contribution in [0.5, 0.6) is 17.2 Å². The number of carbonyl (C=O) groups is 1. The second-order valence-electron chi connectivity index (χ2n) is 5.25. The molecule has 0 aliphatic carbocycles. The Morgan fingerprint density at radius 3 is 2.42 bits per heavy atom. The SMILES string of the molecule is CNc1nc2c(s1)[C@H](c1cc(OC)c(OC)c(OC)c1)CC(=O)N2. The van der Waals surface area contributed by atoms with E-state index in [9.17, 15) is 4.79 Å². The summed E-state index contributed by atoms with van der Waals surface area (Å²) in [5.74, 6) is 2.11. The average molecular weight is 349 g/mol. The van der Waals surface area contributed by atoms with Gasteiger partial charge in [-0.1, -0.05) is 11.3 Å². The molecule has 128 valence electrons. The van der Waals surface area contributed by atoms with Gasteiger partial charge in [0.15, 0.2) is 16.6 Å². The lowest BCUT2D eigenvalue weighted by molar-refractivity contribution is -0.116. The summed E-state index contributed by atoms with van der Waals surface area (Å²) in [6, 6.07) is 3.76. The van der Waals surface area contributed by atoms with E-state index in [0.717, 1.165) is 15.6 Å². The number of methoxy groups -OCH3 is 3. The van der Waals surface area contributed by atoms with Gasteiger partial charge in [-0.05, 0) is 17.7 Å². The maximum absolute atomic E-state index is 12.1. The number of thiazole rings is 1. The fourth-order valence-electron chi connectivity index (χ4n) is 2.80. The van der Waals surface area contributed by atoms with Crippen LogP contribution in [0.25, 0.3) is 0 Å². The number of rotatable bonds is 5. The van der Waals surface area contributed by atoms with E-state index in [1.54, 1.807) is 28.4 Å². The monoisotopic (exact) mass is 349 g/mol. The smallest absolute Gasteiger partial charge is 0.226 e. The Morgan fingerprint density at radius 2 is 1.88 bits per heavy atom. The minimum Gasteiger partial charge on any atom is -0.493 e. The van der Waals surface area contributed by atoms with Gasteiger partial charge in [-0.15, -0.1) is 0 Å². The van der Waals surface area contributed by atoms with Crippen molar-refractivity contribution in [3.8, 4) is 17.2 Å². The van der Waals surface area contributed by atoms with Gasteiger partial charge in [0.25, 0.3) is 0 Å². The Balaban J connectivity index is 2.12. The highest BCUT2D eigenvalue weighted by Crippen LogP contribution is 2.46. The van der Waals surface area contributed by atoms with Crippen molar-refractivity contribution in [2.45, 2.75) is 12.3 Å². The van der Waals surface area contributed by atoms with Crippen LogP contribution in [0.2, 0.25) is 0 Å². The minimum absolute atomic E-state index is 0.0609. The van der Waals surface area contributed by atoms with E-state index >= 15 is 0 Å². The molecule has 2 aromatic rings. The number of hydrogen-bond acceptors (Lipinski definition) is 7. The molecule has 8 heteroatoms. The Labute approximate surface area is 143 Å². The van der Waals surface area contributed by atoms with E-state index in [2.05, 4.69) is 15.6 Å². The number of anilines is 2. The quantitative estimate of drug-likeness (QED) is 0.864. The van der Waals surface area contributed by atoms with Crippen molar-refractivity contribution in [1.82, 2.24) is 4.98 Å². The zero-order valence-corrected chi connectivity index (χ0v) is 14.7. The van der Waals surface area contributed by atoms with Crippen molar-refractivity contribution in [3.05, 3.63) is 22.6 Å². The molecule has 1 aromatic carbocycles. The first-order valence-electron chi connectivity index (χ1n) is 7.39. The second-order valence-corrected chi connectivity index (χ2v) is 6.28. The zero-order valence-electron chi connectivity index (χ0n) is 13.9. The van der Waals surface area contributed by atoms with Crippen LogP contribution in [-0.4, -0.2) is 39.3 Å². The number of fused-ring (bicyclic) bond motifs is 1. The summed E-state index contributed by atoms with van der Waals surface area (Å²) in [7, 11) is 6.52. The molecule has 0 radical (unpaired) electrons. The fraction of sp³-hybridized carbons (Fsp3) is 0.375. The molecule has 1 amide bonds. The number of nitrogens with one attached hydrogen (secondary N) is 2. The maximum Gasteiger partial charge on any atom is 0.226 e. The van der Waals surface area contributed by atoms with Gasteiger partial charge in [-0.2, -0.15) is 0 Å². The summed E-state index contributed by atoms with van der Waals surface area (Å²) in [5.41, 5.74) is 0.923. The topological polar surface area (TPSA) is 81.7 Å². The summed E-state index contributed by atoms with van der Waals surface area (Å²) in [6.45, 7) is 0. The van der Waals surface area contributed by atoms with Gasteiger partial charge in [0.05, 0.1) is 26.2 Å². The van der Waals surface area contributed by atoms with Crippen molar-refractivity contribution in [2.24, 2.45) is 0 Å². The van der Waals surface area contributed by atoms with Crippen LogP contribution in [0.15, 0.2) is 12.1 Å². The van der Waals surface area contributed by atoms with Gasteiger partial charge in [0.1, 0.15) is 5.82 Å². The first kappa shape index (κ1) is 16.4. The highest BCUT2D eigenvalue weighted by atomic mass is 32.1. The second kappa shape index (κ2) is 6.56. The van der Waals surface area contributed by atoms with Crippen molar-refractivity contribution in [3.63, 3.8) is 0 Å². The van der Waals surface area contributed by atoms with E-state index in [1.165, 1.54) is 11.3 Å². The normalized spacial score (nSPS) is 16.2. The molecule has 1 aliphatic heterocycles.